The van der Waals surface area contributed by atoms with Crippen molar-refractivity contribution in [1.82, 2.24) is 24.7 Å². The van der Waals surface area contributed by atoms with Gasteiger partial charge in [-0.25, -0.2) is 15.8 Å². The number of fused-ring (bicyclic) bond motifs is 1. The van der Waals surface area contributed by atoms with Crippen LogP contribution in [-0.4, -0.2) is 24.7 Å². The minimum absolute atomic E-state index is 0.378. The molecule has 3 rings (SSSR count). The normalized spacial score (nSPS) is 10.8. The van der Waals surface area contributed by atoms with E-state index in [1.807, 2.05) is 35.9 Å². The molecule has 3 aromatic rings. The van der Waals surface area contributed by atoms with Gasteiger partial charge in [-0.05, 0) is 17.8 Å². The van der Waals surface area contributed by atoms with Crippen LogP contribution in [-0.2, 0) is 7.05 Å². The Morgan fingerprint density at radius 1 is 1.26 bits per heavy atom. The second-order valence-corrected chi connectivity index (χ2v) is 4.80. The Hall–Kier alpha value is -2.19. The Morgan fingerprint density at radius 2 is 2.11 bits per heavy atom. The smallest absolute Gasteiger partial charge is 0.238 e. The van der Waals surface area contributed by atoms with Gasteiger partial charge in [0, 0.05) is 12.4 Å². The van der Waals surface area contributed by atoms with Crippen molar-refractivity contribution in [1.29, 1.82) is 0 Å². The largest absolute Gasteiger partial charge is 0.311 e. The first-order valence-electron chi connectivity index (χ1n) is 5.53. The van der Waals surface area contributed by atoms with Crippen molar-refractivity contribution in [3.05, 3.63) is 30.6 Å². The van der Waals surface area contributed by atoms with Crippen molar-refractivity contribution in [3.63, 3.8) is 0 Å². The Balaban J connectivity index is 2.13. The van der Waals surface area contributed by atoms with Gasteiger partial charge in [0.25, 0.3) is 0 Å². The van der Waals surface area contributed by atoms with Crippen molar-refractivity contribution in [2.24, 2.45) is 12.9 Å². The van der Waals surface area contributed by atoms with Gasteiger partial charge in [0.2, 0.25) is 5.95 Å². The molecule has 0 aliphatic carbocycles. The van der Waals surface area contributed by atoms with Crippen LogP contribution in [0.4, 0.5) is 5.95 Å². The number of anilines is 1. The summed E-state index contributed by atoms with van der Waals surface area (Å²) in [5, 5.41) is 10.4. The predicted octanol–water partition coefficient (Wildman–Crippen LogP) is 1.20. The zero-order valence-corrected chi connectivity index (χ0v) is 10.9. The first-order valence-corrected chi connectivity index (χ1v) is 6.35. The Kier molecular flexibility index (Phi) is 3.02. The van der Waals surface area contributed by atoms with E-state index in [2.05, 4.69) is 25.6 Å². The second-order valence-electron chi connectivity index (χ2n) is 3.84. The summed E-state index contributed by atoms with van der Waals surface area (Å²) in [7, 11) is 1.88. The molecular weight excluding hydrogens is 262 g/mol. The van der Waals surface area contributed by atoms with E-state index < -0.39 is 0 Å². The lowest BCUT2D eigenvalue weighted by Gasteiger charge is -2.06. The van der Waals surface area contributed by atoms with Crippen molar-refractivity contribution < 1.29 is 0 Å². The molecule has 96 valence electrons. The first kappa shape index (κ1) is 11.9. The minimum atomic E-state index is 0.378. The van der Waals surface area contributed by atoms with E-state index in [4.69, 9.17) is 5.84 Å². The summed E-state index contributed by atoms with van der Waals surface area (Å²) in [4.78, 5) is 8.67. The van der Waals surface area contributed by atoms with E-state index in [1.54, 1.807) is 6.33 Å². The van der Waals surface area contributed by atoms with Crippen molar-refractivity contribution in [2.45, 2.75) is 10.2 Å². The van der Waals surface area contributed by atoms with Gasteiger partial charge in [-0.1, -0.05) is 18.2 Å². The molecule has 7 nitrogen and oxygen atoms in total. The number of nitrogens with one attached hydrogen (secondary N) is 1. The quantitative estimate of drug-likeness (QED) is 0.420. The van der Waals surface area contributed by atoms with Crippen LogP contribution >= 0.6 is 11.8 Å². The maximum Gasteiger partial charge on any atom is 0.238 e. The van der Waals surface area contributed by atoms with E-state index in [-0.39, 0.29) is 0 Å². The van der Waals surface area contributed by atoms with Crippen LogP contribution in [0, 0.1) is 0 Å². The number of hydrogen-bond acceptors (Lipinski definition) is 7. The number of nitrogen functional groups attached to an aromatic ring is 1. The van der Waals surface area contributed by atoms with E-state index >= 15 is 0 Å². The molecule has 2 heterocycles. The maximum atomic E-state index is 5.40. The number of aryl methyl sites for hydroxylation is 1. The lowest BCUT2D eigenvalue weighted by atomic mass is 10.2. The van der Waals surface area contributed by atoms with Gasteiger partial charge in [0.05, 0.1) is 5.52 Å². The molecule has 0 unspecified atom stereocenters. The number of hydrogen-bond donors (Lipinski definition) is 2. The summed E-state index contributed by atoms with van der Waals surface area (Å²) < 4.78 is 1.83. The maximum absolute atomic E-state index is 5.40. The van der Waals surface area contributed by atoms with Crippen LogP contribution in [0.25, 0.3) is 10.9 Å². The molecule has 0 amide bonds. The van der Waals surface area contributed by atoms with Gasteiger partial charge in [-0.3, -0.25) is 5.43 Å². The fourth-order valence-corrected chi connectivity index (χ4v) is 2.51. The van der Waals surface area contributed by atoms with Crippen molar-refractivity contribution in [2.75, 3.05) is 5.43 Å². The summed E-state index contributed by atoms with van der Waals surface area (Å²) in [6.45, 7) is 0. The molecule has 8 heteroatoms. The molecule has 3 N–H and O–H groups in total. The average Bonchev–Trinajstić information content (AvgIpc) is 2.84. The average molecular weight is 273 g/mol. The van der Waals surface area contributed by atoms with Gasteiger partial charge in [-0.2, -0.15) is 0 Å². The number of nitrogens with two attached hydrogens (primary N) is 1. The van der Waals surface area contributed by atoms with Gasteiger partial charge >= 0.3 is 0 Å². The number of benzene rings is 1. The molecule has 2 aromatic heterocycles. The van der Waals surface area contributed by atoms with Crippen LogP contribution in [0.3, 0.4) is 0 Å². The van der Waals surface area contributed by atoms with Crippen LogP contribution in [0.15, 0.2) is 40.8 Å². The molecule has 0 bridgehead atoms. The summed E-state index contributed by atoms with van der Waals surface area (Å²) in [6.07, 6.45) is 1.65. The number of nitrogens with zero attached hydrogens (tertiary/aromatic N) is 5. The van der Waals surface area contributed by atoms with Gasteiger partial charge in [0.1, 0.15) is 11.4 Å². The third-order valence-electron chi connectivity index (χ3n) is 2.56. The first-order chi connectivity index (χ1) is 9.28. The summed E-state index contributed by atoms with van der Waals surface area (Å²) in [6, 6.07) is 7.75. The summed E-state index contributed by atoms with van der Waals surface area (Å²) in [5.74, 6) is 5.77. The molecule has 0 saturated carbocycles. The number of aromatic nitrogens is 5. The fraction of sp³-hybridized carbons (Fsp3) is 0.0909. The highest BCUT2D eigenvalue weighted by molar-refractivity contribution is 7.99. The monoisotopic (exact) mass is 273 g/mol. The molecule has 0 spiro atoms. The predicted molar refractivity (Wildman–Crippen MR) is 72.5 cm³/mol. The number of rotatable bonds is 3. The Labute approximate surface area is 113 Å². The standard InChI is InChI=1S/C11H11N7S/c1-18-6-13-17-11(18)19-9-7-4-2-3-5-8(7)14-10(15-9)16-12/h2-6H,12H2,1H3,(H,14,15,16). The Morgan fingerprint density at radius 3 is 2.84 bits per heavy atom. The second kappa shape index (κ2) is 4.82. The van der Waals surface area contributed by atoms with E-state index in [1.165, 1.54) is 11.8 Å². The third kappa shape index (κ3) is 2.23. The molecule has 0 saturated heterocycles. The van der Waals surface area contributed by atoms with Crippen molar-refractivity contribution >= 4 is 28.6 Å². The molecule has 1 aromatic carbocycles. The van der Waals surface area contributed by atoms with Crippen LogP contribution in [0.2, 0.25) is 0 Å². The van der Waals surface area contributed by atoms with Gasteiger partial charge in [0.15, 0.2) is 5.16 Å². The fourth-order valence-electron chi connectivity index (χ4n) is 1.64. The number of hydrazine groups is 1. The molecule has 0 aliphatic heterocycles. The Bertz CT molecular complexity index is 724. The molecular formula is C11H11N7S. The zero-order valence-electron chi connectivity index (χ0n) is 10.1. The van der Waals surface area contributed by atoms with Gasteiger partial charge < -0.3 is 4.57 Å². The SMILES string of the molecule is Cn1cnnc1Sc1nc(NN)nc2ccccc12. The summed E-state index contributed by atoms with van der Waals surface area (Å²) in [5.41, 5.74) is 3.30. The molecule has 0 atom stereocenters. The minimum Gasteiger partial charge on any atom is -0.311 e. The topological polar surface area (TPSA) is 94.5 Å². The van der Waals surface area contributed by atoms with Crippen LogP contribution in [0.5, 0.6) is 0 Å². The summed E-state index contributed by atoms with van der Waals surface area (Å²) >= 11 is 1.42. The van der Waals surface area contributed by atoms with Crippen LogP contribution < -0.4 is 11.3 Å². The lowest BCUT2D eigenvalue weighted by molar-refractivity contribution is 0.787. The molecule has 0 radical (unpaired) electrons. The third-order valence-corrected chi connectivity index (χ3v) is 3.61. The highest BCUT2D eigenvalue weighted by Crippen LogP contribution is 2.30. The molecule has 19 heavy (non-hydrogen) atoms. The van der Waals surface area contributed by atoms with E-state index in [9.17, 15) is 0 Å². The lowest BCUT2D eigenvalue weighted by Crippen LogP contribution is -2.11. The highest BCUT2D eigenvalue weighted by atomic mass is 32.2. The van der Waals surface area contributed by atoms with E-state index in [0.717, 1.165) is 21.1 Å². The molecule has 0 aliphatic rings. The van der Waals surface area contributed by atoms with Crippen LogP contribution in [0.1, 0.15) is 0 Å². The number of para-hydroxylation sites is 1. The van der Waals surface area contributed by atoms with Gasteiger partial charge in [-0.15, -0.1) is 10.2 Å². The molecule has 0 fully saturated rings. The highest BCUT2D eigenvalue weighted by Gasteiger charge is 2.11. The van der Waals surface area contributed by atoms with Crippen molar-refractivity contribution in [3.8, 4) is 0 Å². The zero-order chi connectivity index (χ0) is 13.2. The van der Waals surface area contributed by atoms with E-state index in [0.29, 0.717) is 5.95 Å².